The molecular weight excluding hydrogens is 276 g/mol. The summed E-state index contributed by atoms with van der Waals surface area (Å²) in [5, 5.41) is 13.3. The van der Waals surface area contributed by atoms with E-state index in [9.17, 15) is 5.11 Å². The predicted molar refractivity (Wildman–Crippen MR) is 90.1 cm³/mol. The number of aryl methyl sites for hydroxylation is 1. The molecular formula is C18H30N2O2. The quantitative estimate of drug-likeness (QED) is 0.685. The molecule has 0 spiro atoms. The van der Waals surface area contributed by atoms with Gasteiger partial charge in [-0.25, -0.2) is 0 Å². The average molecular weight is 306 g/mol. The SMILES string of the molecule is CN(C)CCCNC[C@H](O)CO[C@@H]1CCCc2ccccc21. The highest BCUT2D eigenvalue weighted by molar-refractivity contribution is 5.31. The van der Waals surface area contributed by atoms with Gasteiger partial charge in [-0.15, -0.1) is 0 Å². The van der Waals surface area contributed by atoms with E-state index in [1.54, 1.807) is 0 Å². The van der Waals surface area contributed by atoms with Gasteiger partial charge in [0.2, 0.25) is 0 Å². The Kier molecular flexibility index (Phi) is 7.33. The van der Waals surface area contributed by atoms with Crippen LogP contribution in [0.5, 0.6) is 0 Å². The topological polar surface area (TPSA) is 44.7 Å². The van der Waals surface area contributed by atoms with Crippen molar-refractivity contribution in [2.45, 2.75) is 37.9 Å². The van der Waals surface area contributed by atoms with Crippen LogP contribution in [0.15, 0.2) is 24.3 Å². The monoisotopic (exact) mass is 306 g/mol. The Hall–Kier alpha value is -0.940. The number of hydrogen-bond donors (Lipinski definition) is 2. The summed E-state index contributed by atoms with van der Waals surface area (Å²) in [7, 11) is 4.15. The maximum atomic E-state index is 10.0. The summed E-state index contributed by atoms with van der Waals surface area (Å²) in [5.74, 6) is 0. The molecule has 1 aliphatic rings. The first-order valence-corrected chi connectivity index (χ1v) is 8.39. The molecule has 4 heteroatoms. The van der Waals surface area contributed by atoms with E-state index in [4.69, 9.17) is 4.74 Å². The zero-order chi connectivity index (χ0) is 15.8. The summed E-state index contributed by atoms with van der Waals surface area (Å²) in [5.41, 5.74) is 2.70. The number of rotatable bonds is 9. The highest BCUT2D eigenvalue weighted by Gasteiger charge is 2.21. The first kappa shape index (κ1) is 17.4. The Labute approximate surface area is 134 Å². The minimum Gasteiger partial charge on any atom is -0.389 e. The molecule has 0 heterocycles. The molecule has 2 rings (SSSR count). The van der Waals surface area contributed by atoms with Gasteiger partial charge in [-0.3, -0.25) is 0 Å². The number of aliphatic hydroxyl groups is 1. The zero-order valence-electron chi connectivity index (χ0n) is 13.9. The van der Waals surface area contributed by atoms with Crippen LogP contribution in [0.4, 0.5) is 0 Å². The molecule has 0 saturated heterocycles. The molecule has 22 heavy (non-hydrogen) atoms. The van der Waals surface area contributed by atoms with E-state index in [1.807, 2.05) is 0 Å². The maximum absolute atomic E-state index is 10.0. The van der Waals surface area contributed by atoms with Crippen LogP contribution in [-0.4, -0.2) is 56.4 Å². The van der Waals surface area contributed by atoms with E-state index < -0.39 is 6.10 Å². The number of aliphatic hydroxyl groups excluding tert-OH is 1. The second-order valence-electron chi connectivity index (χ2n) is 6.43. The largest absolute Gasteiger partial charge is 0.389 e. The molecule has 0 fully saturated rings. The van der Waals surface area contributed by atoms with Crippen LogP contribution in [0.3, 0.4) is 0 Å². The molecule has 0 aliphatic heterocycles. The summed E-state index contributed by atoms with van der Waals surface area (Å²) in [6.45, 7) is 3.00. The summed E-state index contributed by atoms with van der Waals surface area (Å²) >= 11 is 0. The first-order valence-electron chi connectivity index (χ1n) is 8.39. The third-order valence-electron chi connectivity index (χ3n) is 4.14. The lowest BCUT2D eigenvalue weighted by molar-refractivity contribution is -0.0166. The molecule has 4 nitrogen and oxygen atoms in total. The number of nitrogens with zero attached hydrogens (tertiary/aromatic N) is 1. The van der Waals surface area contributed by atoms with E-state index in [2.05, 4.69) is 48.6 Å². The molecule has 2 N–H and O–H groups in total. The Bertz CT molecular complexity index is 437. The fourth-order valence-corrected chi connectivity index (χ4v) is 2.96. The van der Waals surface area contributed by atoms with Gasteiger partial charge in [0.05, 0.1) is 18.8 Å². The van der Waals surface area contributed by atoms with Crippen molar-refractivity contribution in [2.75, 3.05) is 40.3 Å². The van der Waals surface area contributed by atoms with Crippen molar-refractivity contribution in [1.82, 2.24) is 10.2 Å². The van der Waals surface area contributed by atoms with Crippen LogP contribution in [0, 0.1) is 0 Å². The molecule has 1 aliphatic carbocycles. The van der Waals surface area contributed by atoms with E-state index in [0.717, 1.165) is 32.4 Å². The summed E-state index contributed by atoms with van der Waals surface area (Å²) in [6, 6.07) is 8.51. The summed E-state index contributed by atoms with van der Waals surface area (Å²) < 4.78 is 5.97. The standard InChI is InChI=1S/C18H30N2O2/c1-20(2)12-6-11-19-13-16(21)14-22-18-10-5-8-15-7-3-4-9-17(15)18/h3-4,7,9,16,18-19,21H,5-6,8,10-14H2,1-2H3/t16-,18+/m0/s1. The highest BCUT2D eigenvalue weighted by atomic mass is 16.5. The molecule has 0 bridgehead atoms. The Morgan fingerprint density at radius 1 is 1.36 bits per heavy atom. The molecule has 1 aromatic carbocycles. The van der Waals surface area contributed by atoms with Crippen LogP contribution in [0.2, 0.25) is 0 Å². The van der Waals surface area contributed by atoms with Crippen LogP contribution in [0.1, 0.15) is 36.5 Å². The predicted octanol–water partition coefficient (Wildman–Crippen LogP) is 1.98. The van der Waals surface area contributed by atoms with Crippen molar-refractivity contribution in [3.05, 3.63) is 35.4 Å². The summed E-state index contributed by atoms with van der Waals surface area (Å²) in [6.07, 6.45) is 4.17. The second-order valence-corrected chi connectivity index (χ2v) is 6.43. The van der Waals surface area contributed by atoms with Crippen LogP contribution in [0.25, 0.3) is 0 Å². The Morgan fingerprint density at radius 2 is 2.18 bits per heavy atom. The van der Waals surface area contributed by atoms with Gasteiger partial charge < -0.3 is 20.1 Å². The van der Waals surface area contributed by atoms with Crippen molar-refractivity contribution in [3.63, 3.8) is 0 Å². The Morgan fingerprint density at radius 3 is 3.00 bits per heavy atom. The smallest absolute Gasteiger partial charge is 0.0897 e. The molecule has 124 valence electrons. The molecule has 0 radical (unpaired) electrons. The first-order chi connectivity index (χ1) is 10.7. The normalized spacial score (nSPS) is 19.2. The number of benzene rings is 1. The van der Waals surface area contributed by atoms with Gasteiger partial charge >= 0.3 is 0 Å². The minimum atomic E-state index is -0.437. The van der Waals surface area contributed by atoms with Gasteiger partial charge in [0, 0.05) is 6.54 Å². The van der Waals surface area contributed by atoms with Gasteiger partial charge in [-0.1, -0.05) is 24.3 Å². The van der Waals surface area contributed by atoms with Crippen molar-refractivity contribution in [2.24, 2.45) is 0 Å². The van der Waals surface area contributed by atoms with Gasteiger partial charge in [-0.2, -0.15) is 0 Å². The van der Waals surface area contributed by atoms with E-state index in [-0.39, 0.29) is 6.10 Å². The lowest BCUT2D eigenvalue weighted by atomic mass is 9.89. The maximum Gasteiger partial charge on any atom is 0.0897 e. The highest BCUT2D eigenvalue weighted by Crippen LogP contribution is 2.32. The molecule has 0 aromatic heterocycles. The van der Waals surface area contributed by atoms with E-state index in [1.165, 1.54) is 17.5 Å². The number of ether oxygens (including phenoxy) is 1. The third-order valence-corrected chi connectivity index (χ3v) is 4.14. The fraction of sp³-hybridized carbons (Fsp3) is 0.667. The number of hydrogen-bond acceptors (Lipinski definition) is 4. The van der Waals surface area contributed by atoms with Gasteiger partial charge in [-0.05, 0) is 64.0 Å². The van der Waals surface area contributed by atoms with Crippen molar-refractivity contribution >= 4 is 0 Å². The third kappa shape index (κ3) is 5.69. The average Bonchev–Trinajstić information content (AvgIpc) is 2.52. The van der Waals surface area contributed by atoms with Gasteiger partial charge in [0.25, 0.3) is 0 Å². The van der Waals surface area contributed by atoms with Crippen molar-refractivity contribution < 1.29 is 9.84 Å². The van der Waals surface area contributed by atoms with Crippen molar-refractivity contribution in [1.29, 1.82) is 0 Å². The van der Waals surface area contributed by atoms with Crippen molar-refractivity contribution in [3.8, 4) is 0 Å². The van der Waals surface area contributed by atoms with Crippen LogP contribution >= 0.6 is 0 Å². The van der Waals surface area contributed by atoms with Gasteiger partial charge in [0.15, 0.2) is 0 Å². The van der Waals surface area contributed by atoms with Crippen LogP contribution in [-0.2, 0) is 11.2 Å². The molecule has 0 amide bonds. The Balaban J connectivity index is 1.66. The van der Waals surface area contributed by atoms with Gasteiger partial charge in [0.1, 0.15) is 0 Å². The molecule has 0 unspecified atom stereocenters. The lowest BCUT2D eigenvalue weighted by Gasteiger charge is -2.26. The molecule has 1 aromatic rings. The molecule has 2 atom stereocenters. The van der Waals surface area contributed by atoms with Crippen LogP contribution < -0.4 is 5.32 Å². The minimum absolute atomic E-state index is 0.147. The van der Waals surface area contributed by atoms with E-state index in [0.29, 0.717) is 13.2 Å². The zero-order valence-corrected chi connectivity index (χ0v) is 13.9. The fourth-order valence-electron chi connectivity index (χ4n) is 2.96. The molecule has 0 saturated carbocycles. The lowest BCUT2D eigenvalue weighted by Crippen LogP contribution is -2.32. The van der Waals surface area contributed by atoms with E-state index >= 15 is 0 Å². The second kappa shape index (κ2) is 9.26. The number of nitrogens with one attached hydrogen (secondary N) is 1. The number of fused-ring (bicyclic) bond motifs is 1. The summed E-state index contributed by atoms with van der Waals surface area (Å²) in [4.78, 5) is 2.17.